The van der Waals surface area contributed by atoms with Crippen molar-refractivity contribution in [2.45, 2.75) is 25.9 Å². The summed E-state index contributed by atoms with van der Waals surface area (Å²) in [5, 5.41) is 13.7. The molecule has 84 valence electrons. The lowest BCUT2D eigenvalue weighted by Crippen LogP contribution is -2.32. The van der Waals surface area contributed by atoms with Crippen LogP contribution in [0, 0.1) is 0 Å². The minimum atomic E-state index is -0.674. The molecule has 0 radical (unpaired) electrons. The van der Waals surface area contributed by atoms with Crippen LogP contribution >= 0.6 is 27.5 Å². The molecule has 15 heavy (non-hydrogen) atoms. The van der Waals surface area contributed by atoms with Crippen LogP contribution in [-0.2, 0) is 0 Å². The third-order valence-electron chi connectivity index (χ3n) is 2.35. The third kappa shape index (κ3) is 4.01. The SMILES string of the molecule is CCC(C)(O)CNc1ccc(Cl)c(Br)c1. The number of aliphatic hydroxyl groups is 1. The van der Waals surface area contributed by atoms with Crippen LogP contribution in [0.5, 0.6) is 0 Å². The number of halogens is 2. The van der Waals surface area contributed by atoms with Gasteiger partial charge in [0.15, 0.2) is 0 Å². The minimum Gasteiger partial charge on any atom is -0.388 e. The van der Waals surface area contributed by atoms with Crippen molar-refractivity contribution in [3.05, 3.63) is 27.7 Å². The van der Waals surface area contributed by atoms with Gasteiger partial charge in [0.25, 0.3) is 0 Å². The molecule has 1 rings (SSSR count). The predicted molar refractivity (Wildman–Crippen MR) is 68.6 cm³/mol. The van der Waals surface area contributed by atoms with E-state index >= 15 is 0 Å². The molecule has 0 aliphatic heterocycles. The van der Waals surface area contributed by atoms with Gasteiger partial charge < -0.3 is 10.4 Å². The summed E-state index contributed by atoms with van der Waals surface area (Å²) in [5.74, 6) is 0. The Morgan fingerprint density at radius 3 is 2.73 bits per heavy atom. The molecular formula is C11H15BrClNO. The van der Waals surface area contributed by atoms with Gasteiger partial charge in [-0.05, 0) is 47.5 Å². The highest BCUT2D eigenvalue weighted by atomic mass is 79.9. The van der Waals surface area contributed by atoms with Gasteiger partial charge in [-0.1, -0.05) is 18.5 Å². The zero-order chi connectivity index (χ0) is 11.5. The van der Waals surface area contributed by atoms with Crippen molar-refractivity contribution in [2.24, 2.45) is 0 Å². The first kappa shape index (κ1) is 12.8. The lowest BCUT2D eigenvalue weighted by Gasteiger charge is -2.22. The van der Waals surface area contributed by atoms with Gasteiger partial charge in [0, 0.05) is 16.7 Å². The molecule has 4 heteroatoms. The molecule has 0 aliphatic rings. The third-order valence-corrected chi connectivity index (χ3v) is 3.57. The van der Waals surface area contributed by atoms with Gasteiger partial charge in [-0.25, -0.2) is 0 Å². The first-order valence-corrected chi connectivity index (χ1v) is 6.03. The summed E-state index contributed by atoms with van der Waals surface area (Å²) in [6, 6.07) is 5.60. The Morgan fingerprint density at radius 2 is 2.20 bits per heavy atom. The highest BCUT2D eigenvalue weighted by Crippen LogP contribution is 2.25. The molecule has 0 spiro atoms. The summed E-state index contributed by atoms with van der Waals surface area (Å²) in [7, 11) is 0. The number of hydrogen-bond donors (Lipinski definition) is 2. The highest BCUT2D eigenvalue weighted by molar-refractivity contribution is 9.10. The molecule has 2 N–H and O–H groups in total. The average molecular weight is 293 g/mol. The van der Waals surface area contributed by atoms with E-state index < -0.39 is 5.60 Å². The summed E-state index contributed by atoms with van der Waals surface area (Å²) in [4.78, 5) is 0. The largest absolute Gasteiger partial charge is 0.388 e. The normalized spacial score (nSPS) is 14.7. The van der Waals surface area contributed by atoms with Gasteiger partial charge in [-0.3, -0.25) is 0 Å². The average Bonchev–Trinajstić information content (AvgIpc) is 2.20. The van der Waals surface area contributed by atoms with Gasteiger partial charge >= 0.3 is 0 Å². The van der Waals surface area contributed by atoms with Gasteiger partial charge in [0.2, 0.25) is 0 Å². The Hall–Kier alpha value is -0.250. The molecule has 1 atom stereocenters. The van der Waals surface area contributed by atoms with E-state index in [9.17, 15) is 5.11 Å². The predicted octanol–water partition coefficient (Wildman–Crippen LogP) is 3.68. The van der Waals surface area contributed by atoms with Crippen LogP contribution in [-0.4, -0.2) is 17.3 Å². The van der Waals surface area contributed by atoms with E-state index in [1.54, 1.807) is 0 Å². The Morgan fingerprint density at radius 1 is 1.53 bits per heavy atom. The fraction of sp³-hybridized carbons (Fsp3) is 0.455. The van der Waals surface area contributed by atoms with Crippen LogP contribution < -0.4 is 5.32 Å². The lowest BCUT2D eigenvalue weighted by molar-refractivity contribution is 0.0697. The van der Waals surface area contributed by atoms with Crippen molar-refractivity contribution in [3.63, 3.8) is 0 Å². The molecule has 1 aromatic rings. The number of anilines is 1. The van der Waals surface area contributed by atoms with E-state index in [4.69, 9.17) is 11.6 Å². The number of benzene rings is 1. The standard InChI is InChI=1S/C11H15BrClNO/c1-3-11(2,15)7-14-8-4-5-10(13)9(12)6-8/h4-6,14-15H,3,7H2,1-2H3. The zero-order valence-corrected chi connectivity index (χ0v) is 11.2. The quantitative estimate of drug-likeness (QED) is 0.887. The van der Waals surface area contributed by atoms with Crippen LogP contribution in [0.15, 0.2) is 22.7 Å². The zero-order valence-electron chi connectivity index (χ0n) is 8.85. The van der Waals surface area contributed by atoms with Gasteiger partial charge in [0.1, 0.15) is 0 Å². The van der Waals surface area contributed by atoms with Crippen molar-refractivity contribution in [1.29, 1.82) is 0 Å². The molecule has 0 aliphatic carbocycles. The monoisotopic (exact) mass is 291 g/mol. The van der Waals surface area contributed by atoms with E-state index in [-0.39, 0.29) is 0 Å². The molecule has 0 aromatic heterocycles. The number of hydrogen-bond acceptors (Lipinski definition) is 2. The van der Waals surface area contributed by atoms with Gasteiger partial charge in [-0.2, -0.15) is 0 Å². The summed E-state index contributed by atoms with van der Waals surface area (Å²) in [6.45, 7) is 4.29. The summed E-state index contributed by atoms with van der Waals surface area (Å²) < 4.78 is 0.852. The van der Waals surface area contributed by atoms with Crippen LogP contribution in [0.1, 0.15) is 20.3 Å². The summed E-state index contributed by atoms with van der Waals surface area (Å²) >= 11 is 9.22. The molecule has 0 saturated heterocycles. The molecule has 1 unspecified atom stereocenters. The number of rotatable bonds is 4. The van der Waals surface area contributed by atoms with Crippen LogP contribution in [0.25, 0.3) is 0 Å². The Labute approximate surface area is 104 Å². The smallest absolute Gasteiger partial charge is 0.0788 e. The molecule has 0 bridgehead atoms. The second-order valence-corrected chi connectivity index (χ2v) is 5.09. The minimum absolute atomic E-state index is 0.525. The molecular weight excluding hydrogens is 277 g/mol. The summed E-state index contributed by atoms with van der Waals surface area (Å²) in [6.07, 6.45) is 0.717. The first-order chi connectivity index (χ1) is 6.94. The Balaban J connectivity index is 2.62. The van der Waals surface area contributed by atoms with Crippen LogP contribution in [0.3, 0.4) is 0 Å². The molecule has 1 aromatic carbocycles. The van der Waals surface area contributed by atoms with Crippen molar-refractivity contribution in [1.82, 2.24) is 0 Å². The van der Waals surface area contributed by atoms with E-state index in [1.807, 2.05) is 32.0 Å². The second kappa shape index (κ2) is 5.19. The van der Waals surface area contributed by atoms with E-state index in [0.717, 1.165) is 16.6 Å². The van der Waals surface area contributed by atoms with Crippen molar-refractivity contribution >= 4 is 33.2 Å². The molecule has 0 saturated carbocycles. The second-order valence-electron chi connectivity index (χ2n) is 3.83. The van der Waals surface area contributed by atoms with E-state index in [2.05, 4.69) is 21.2 Å². The van der Waals surface area contributed by atoms with Gasteiger partial charge in [-0.15, -0.1) is 0 Å². The van der Waals surface area contributed by atoms with Crippen LogP contribution in [0.2, 0.25) is 5.02 Å². The van der Waals surface area contributed by atoms with Gasteiger partial charge in [0.05, 0.1) is 10.6 Å². The van der Waals surface area contributed by atoms with Crippen molar-refractivity contribution < 1.29 is 5.11 Å². The molecule has 2 nitrogen and oxygen atoms in total. The number of nitrogens with one attached hydrogen (secondary N) is 1. The van der Waals surface area contributed by atoms with E-state index in [0.29, 0.717) is 11.6 Å². The van der Waals surface area contributed by atoms with Crippen molar-refractivity contribution in [2.75, 3.05) is 11.9 Å². The van der Waals surface area contributed by atoms with E-state index in [1.165, 1.54) is 0 Å². The first-order valence-electron chi connectivity index (χ1n) is 4.86. The maximum absolute atomic E-state index is 9.81. The molecule has 0 fully saturated rings. The molecule has 0 amide bonds. The lowest BCUT2D eigenvalue weighted by atomic mass is 10.0. The maximum Gasteiger partial charge on any atom is 0.0788 e. The molecule has 0 heterocycles. The van der Waals surface area contributed by atoms with Crippen LogP contribution in [0.4, 0.5) is 5.69 Å². The Kier molecular flexibility index (Phi) is 4.44. The Bertz CT molecular complexity index is 341. The fourth-order valence-corrected chi connectivity index (χ4v) is 1.52. The maximum atomic E-state index is 9.81. The topological polar surface area (TPSA) is 32.3 Å². The highest BCUT2D eigenvalue weighted by Gasteiger charge is 2.16. The van der Waals surface area contributed by atoms with Crippen molar-refractivity contribution in [3.8, 4) is 0 Å². The summed E-state index contributed by atoms with van der Waals surface area (Å²) in [5.41, 5.74) is 0.270. The fourth-order valence-electron chi connectivity index (χ4n) is 1.02.